The van der Waals surface area contributed by atoms with Crippen LogP contribution in [0.3, 0.4) is 0 Å². The Hall–Kier alpha value is -1.83. The molecule has 0 aromatic rings. The molecule has 0 atom stereocenters. The van der Waals surface area contributed by atoms with Crippen molar-refractivity contribution in [1.29, 1.82) is 0 Å². The standard InChI is InChI=1S/C21H32O2/c1-3-4-5-6-7-8-9-10-11-12-13-14-15-16-17-18-19-20-21(22)23-2/h4-5,7-8,10-11,13-14,19-20H,3,6,9,12,15-18H2,1-2H3/b5-4-,8-7-,11-10-,14-13-,20-19+. The van der Waals surface area contributed by atoms with Crippen LogP contribution in [0, 0.1) is 0 Å². The van der Waals surface area contributed by atoms with E-state index in [9.17, 15) is 4.79 Å². The van der Waals surface area contributed by atoms with E-state index in [4.69, 9.17) is 0 Å². The molecule has 0 aromatic heterocycles. The summed E-state index contributed by atoms with van der Waals surface area (Å²) in [5.74, 6) is -0.274. The van der Waals surface area contributed by atoms with Crippen LogP contribution in [0.4, 0.5) is 0 Å². The molecule has 0 radical (unpaired) electrons. The average molecular weight is 316 g/mol. The highest BCUT2D eigenvalue weighted by Crippen LogP contribution is 2.02. The molecule has 0 fully saturated rings. The zero-order chi connectivity index (χ0) is 17.0. The number of hydrogen-bond acceptors (Lipinski definition) is 2. The van der Waals surface area contributed by atoms with E-state index in [-0.39, 0.29) is 5.97 Å². The number of esters is 1. The largest absolute Gasteiger partial charge is 0.466 e. The molecule has 0 aromatic carbocycles. The van der Waals surface area contributed by atoms with Crippen LogP contribution in [0.15, 0.2) is 60.8 Å². The van der Waals surface area contributed by atoms with Crippen LogP contribution in [0.2, 0.25) is 0 Å². The molecule has 0 N–H and O–H groups in total. The first-order valence-corrected chi connectivity index (χ1v) is 8.65. The Labute approximate surface area is 142 Å². The van der Waals surface area contributed by atoms with Crippen molar-refractivity contribution in [2.45, 2.75) is 58.3 Å². The van der Waals surface area contributed by atoms with Gasteiger partial charge < -0.3 is 4.74 Å². The van der Waals surface area contributed by atoms with Crippen LogP contribution < -0.4 is 0 Å². The van der Waals surface area contributed by atoms with Crippen molar-refractivity contribution in [2.24, 2.45) is 0 Å². The number of unbranched alkanes of at least 4 members (excludes halogenated alkanes) is 3. The molecule has 0 heterocycles. The topological polar surface area (TPSA) is 26.3 Å². The summed E-state index contributed by atoms with van der Waals surface area (Å²) in [6.45, 7) is 2.15. The third-order valence-corrected chi connectivity index (χ3v) is 3.17. The van der Waals surface area contributed by atoms with Crippen molar-refractivity contribution in [3.8, 4) is 0 Å². The summed E-state index contributed by atoms with van der Waals surface area (Å²) >= 11 is 0. The van der Waals surface area contributed by atoms with Crippen LogP contribution in [0.1, 0.15) is 58.3 Å². The highest BCUT2D eigenvalue weighted by Gasteiger charge is 1.89. The van der Waals surface area contributed by atoms with Gasteiger partial charge in [-0.1, -0.05) is 61.6 Å². The third-order valence-electron chi connectivity index (χ3n) is 3.17. The van der Waals surface area contributed by atoms with Crippen molar-refractivity contribution in [3.05, 3.63) is 60.8 Å². The lowest BCUT2D eigenvalue weighted by atomic mass is 10.1. The third kappa shape index (κ3) is 18.1. The quantitative estimate of drug-likeness (QED) is 0.178. The van der Waals surface area contributed by atoms with Crippen molar-refractivity contribution >= 4 is 5.97 Å². The zero-order valence-corrected chi connectivity index (χ0v) is 14.7. The zero-order valence-electron chi connectivity index (χ0n) is 14.7. The fourth-order valence-electron chi connectivity index (χ4n) is 1.87. The Bertz CT molecular complexity index is 412. The maximum absolute atomic E-state index is 10.8. The van der Waals surface area contributed by atoms with Gasteiger partial charge in [0.15, 0.2) is 0 Å². The van der Waals surface area contributed by atoms with Crippen molar-refractivity contribution in [1.82, 2.24) is 0 Å². The smallest absolute Gasteiger partial charge is 0.330 e. The van der Waals surface area contributed by atoms with Gasteiger partial charge in [-0.25, -0.2) is 4.79 Å². The van der Waals surface area contributed by atoms with Gasteiger partial charge in [0.25, 0.3) is 0 Å². The first-order chi connectivity index (χ1) is 11.3. The molecule has 0 saturated heterocycles. The molecule has 128 valence electrons. The van der Waals surface area contributed by atoms with E-state index >= 15 is 0 Å². The van der Waals surface area contributed by atoms with Gasteiger partial charge in [-0.2, -0.15) is 0 Å². The molecule has 0 aliphatic carbocycles. The Balaban J connectivity index is 3.43. The van der Waals surface area contributed by atoms with Crippen LogP contribution >= 0.6 is 0 Å². The van der Waals surface area contributed by atoms with E-state index in [1.807, 2.05) is 6.08 Å². The van der Waals surface area contributed by atoms with E-state index in [0.29, 0.717) is 0 Å². The van der Waals surface area contributed by atoms with Crippen molar-refractivity contribution < 1.29 is 9.53 Å². The van der Waals surface area contributed by atoms with Crippen LogP contribution in [-0.2, 0) is 9.53 Å². The number of hydrogen-bond donors (Lipinski definition) is 0. The van der Waals surface area contributed by atoms with E-state index in [1.54, 1.807) is 0 Å². The predicted octanol–water partition coefficient (Wildman–Crippen LogP) is 6.08. The molecule has 0 bridgehead atoms. The maximum Gasteiger partial charge on any atom is 0.330 e. The monoisotopic (exact) mass is 316 g/mol. The van der Waals surface area contributed by atoms with Crippen LogP contribution in [0.5, 0.6) is 0 Å². The molecule has 0 saturated carbocycles. The SMILES string of the molecule is CC/C=C\C/C=C\C/C=C\C/C=C\CCCC/C=C/C(=O)OC. The summed E-state index contributed by atoms with van der Waals surface area (Å²) in [6.07, 6.45) is 29.5. The van der Waals surface area contributed by atoms with Crippen LogP contribution in [-0.4, -0.2) is 13.1 Å². The van der Waals surface area contributed by atoms with Gasteiger partial charge in [0.05, 0.1) is 7.11 Å². The second-order valence-electron chi connectivity index (χ2n) is 5.21. The number of methoxy groups -OCH3 is 1. The number of rotatable bonds is 13. The van der Waals surface area contributed by atoms with Gasteiger partial charge >= 0.3 is 5.97 Å². The predicted molar refractivity (Wildman–Crippen MR) is 100 cm³/mol. The van der Waals surface area contributed by atoms with Gasteiger partial charge in [-0.3, -0.25) is 0 Å². The second-order valence-corrected chi connectivity index (χ2v) is 5.21. The highest BCUT2D eigenvalue weighted by atomic mass is 16.5. The molecule has 2 nitrogen and oxygen atoms in total. The molecular weight excluding hydrogens is 284 g/mol. The Morgan fingerprint density at radius 1 is 0.739 bits per heavy atom. The van der Waals surface area contributed by atoms with E-state index < -0.39 is 0 Å². The molecule has 2 heteroatoms. The lowest BCUT2D eigenvalue weighted by molar-refractivity contribution is -0.134. The second kappa shape index (κ2) is 18.2. The number of carbonyl (C=O) groups is 1. The molecule has 0 amide bonds. The first-order valence-electron chi connectivity index (χ1n) is 8.65. The fourth-order valence-corrected chi connectivity index (χ4v) is 1.87. The van der Waals surface area contributed by atoms with Gasteiger partial charge in [0.2, 0.25) is 0 Å². The van der Waals surface area contributed by atoms with Crippen molar-refractivity contribution in [2.75, 3.05) is 7.11 Å². The molecule has 0 aliphatic heterocycles. The molecule has 0 rings (SSSR count). The van der Waals surface area contributed by atoms with Gasteiger partial charge in [0, 0.05) is 6.08 Å². The summed E-state index contributed by atoms with van der Waals surface area (Å²) in [5, 5.41) is 0. The minimum absolute atomic E-state index is 0.274. The summed E-state index contributed by atoms with van der Waals surface area (Å²) in [5.41, 5.74) is 0. The minimum atomic E-state index is -0.274. The Morgan fingerprint density at radius 2 is 1.22 bits per heavy atom. The molecular formula is C21H32O2. The van der Waals surface area contributed by atoms with Crippen molar-refractivity contribution in [3.63, 3.8) is 0 Å². The van der Waals surface area contributed by atoms with Gasteiger partial charge in [-0.05, 0) is 51.4 Å². The number of allylic oxidation sites excluding steroid dienone is 9. The molecule has 0 spiro atoms. The van der Waals surface area contributed by atoms with Crippen LogP contribution in [0.25, 0.3) is 0 Å². The Morgan fingerprint density at radius 3 is 1.74 bits per heavy atom. The van der Waals surface area contributed by atoms with E-state index in [0.717, 1.165) is 51.4 Å². The number of carbonyl (C=O) groups excluding carboxylic acids is 1. The van der Waals surface area contributed by atoms with Gasteiger partial charge in [0.1, 0.15) is 0 Å². The number of ether oxygens (including phenoxy) is 1. The fraction of sp³-hybridized carbons (Fsp3) is 0.476. The highest BCUT2D eigenvalue weighted by molar-refractivity contribution is 5.81. The summed E-state index contributed by atoms with van der Waals surface area (Å²) in [4.78, 5) is 10.8. The normalized spacial score (nSPS) is 12.6. The minimum Gasteiger partial charge on any atom is -0.466 e. The summed E-state index contributed by atoms with van der Waals surface area (Å²) < 4.78 is 4.53. The molecule has 0 unspecified atom stereocenters. The molecule has 23 heavy (non-hydrogen) atoms. The van der Waals surface area contributed by atoms with E-state index in [1.165, 1.54) is 13.2 Å². The molecule has 0 aliphatic rings. The maximum atomic E-state index is 10.8. The van der Waals surface area contributed by atoms with Gasteiger partial charge in [-0.15, -0.1) is 0 Å². The Kier molecular flexibility index (Phi) is 16.8. The lowest BCUT2D eigenvalue weighted by Crippen LogP contribution is -1.93. The summed E-state index contributed by atoms with van der Waals surface area (Å²) in [6, 6.07) is 0. The average Bonchev–Trinajstić information content (AvgIpc) is 2.57. The lowest BCUT2D eigenvalue weighted by Gasteiger charge is -1.93. The first kappa shape index (κ1) is 21.2. The van der Waals surface area contributed by atoms with E-state index in [2.05, 4.69) is 60.3 Å². The summed E-state index contributed by atoms with van der Waals surface area (Å²) in [7, 11) is 1.40.